The van der Waals surface area contributed by atoms with Crippen LogP contribution in [0.3, 0.4) is 0 Å². The Morgan fingerprint density at radius 2 is 2.12 bits per heavy atom. The molecule has 82 valence electrons. The van der Waals surface area contributed by atoms with E-state index in [1.807, 2.05) is 30.3 Å². The SMILES string of the molecule is C/C=C/C(=[N+]=[N-])C(=O)OCc1ccccc1. The number of esters is 1. The second-order valence-corrected chi connectivity index (χ2v) is 3.05. The fourth-order valence-corrected chi connectivity index (χ4v) is 1.10. The van der Waals surface area contributed by atoms with Crippen LogP contribution in [0.1, 0.15) is 12.5 Å². The van der Waals surface area contributed by atoms with Crippen molar-refractivity contribution in [1.82, 2.24) is 0 Å². The van der Waals surface area contributed by atoms with E-state index >= 15 is 0 Å². The third kappa shape index (κ3) is 3.52. The lowest BCUT2D eigenvalue weighted by Crippen LogP contribution is -2.16. The number of hydrogen-bond acceptors (Lipinski definition) is 2. The average Bonchev–Trinajstić information content (AvgIpc) is 2.34. The molecule has 0 heterocycles. The van der Waals surface area contributed by atoms with Crippen molar-refractivity contribution in [2.24, 2.45) is 0 Å². The first-order valence-electron chi connectivity index (χ1n) is 4.83. The van der Waals surface area contributed by atoms with Gasteiger partial charge in [0, 0.05) is 6.08 Å². The van der Waals surface area contributed by atoms with Gasteiger partial charge < -0.3 is 10.3 Å². The molecular formula is C12H12N2O2. The molecule has 0 radical (unpaired) electrons. The maximum Gasteiger partial charge on any atom is 0.421 e. The monoisotopic (exact) mass is 216 g/mol. The molecule has 16 heavy (non-hydrogen) atoms. The molecule has 0 unspecified atom stereocenters. The highest BCUT2D eigenvalue weighted by Crippen LogP contribution is 2.00. The van der Waals surface area contributed by atoms with Crippen molar-refractivity contribution in [2.45, 2.75) is 13.5 Å². The van der Waals surface area contributed by atoms with E-state index in [0.717, 1.165) is 5.56 Å². The van der Waals surface area contributed by atoms with Crippen LogP contribution in [0.15, 0.2) is 42.5 Å². The number of hydrogen-bond donors (Lipinski definition) is 0. The number of allylic oxidation sites excluding steroid dienone is 1. The molecule has 1 aromatic rings. The summed E-state index contributed by atoms with van der Waals surface area (Å²) in [6.45, 7) is 1.88. The van der Waals surface area contributed by atoms with Gasteiger partial charge in [-0.1, -0.05) is 36.4 Å². The summed E-state index contributed by atoms with van der Waals surface area (Å²) in [5.74, 6) is -0.649. The van der Waals surface area contributed by atoms with Crippen molar-refractivity contribution in [3.63, 3.8) is 0 Å². The number of carbonyl (C=O) groups excluding carboxylic acids is 1. The van der Waals surface area contributed by atoms with Gasteiger partial charge in [0.1, 0.15) is 6.61 Å². The molecular weight excluding hydrogens is 204 g/mol. The van der Waals surface area contributed by atoms with E-state index < -0.39 is 5.97 Å². The van der Waals surface area contributed by atoms with Crippen LogP contribution in [0, 0.1) is 0 Å². The summed E-state index contributed by atoms with van der Waals surface area (Å²) in [5.41, 5.74) is 9.33. The summed E-state index contributed by atoms with van der Waals surface area (Å²) in [5, 5.41) is 0. The number of nitrogens with zero attached hydrogens (tertiary/aromatic N) is 2. The van der Waals surface area contributed by atoms with E-state index in [1.54, 1.807) is 13.0 Å². The lowest BCUT2D eigenvalue weighted by Gasteiger charge is -2.00. The van der Waals surface area contributed by atoms with Crippen molar-refractivity contribution < 1.29 is 14.3 Å². The van der Waals surface area contributed by atoms with E-state index in [4.69, 9.17) is 10.3 Å². The van der Waals surface area contributed by atoms with Crippen LogP contribution in [0.4, 0.5) is 0 Å². The van der Waals surface area contributed by atoms with E-state index in [-0.39, 0.29) is 12.3 Å². The smallest absolute Gasteiger partial charge is 0.421 e. The first-order valence-corrected chi connectivity index (χ1v) is 4.83. The maximum absolute atomic E-state index is 11.4. The quantitative estimate of drug-likeness (QED) is 0.334. The fourth-order valence-electron chi connectivity index (χ4n) is 1.10. The van der Waals surface area contributed by atoms with Crippen LogP contribution in [-0.4, -0.2) is 16.5 Å². The molecule has 4 heteroatoms. The molecule has 0 N–H and O–H groups in total. The third-order valence-electron chi connectivity index (χ3n) is 1.85. The number of carbonyl (C=O) groups is 1. The first kappa shape index (κ1) is 11.9. The second kappa shape index (κ2) is 6.32. The van der Waals surface area contributed by atoms with Gasteiger partial charge in [-0.15, -0.1) is 0 Å². The summed E-state index contributed by atoms with van der Waals surface area (Å²) < 4.78 is 4.95. The Balaban J connectivity index is 2.56. The van der Waals surface area contributed by atoms with Gasteiger partial charge in [-0.3, -0.25) is 0 Å². The van der Waals surface area contributed by atoms with Gasteiger partial charge in [-0.2, -0.15) is 4.79 Å². The summed E-state index contributed by atoms with van der Waals surface area (Å²) in [6, 6.07) is 9.29. The van der Waals surface area contributed by atoms with Crippen molar-refractivity contribution >= 4 is 11.7 Å². The van der Waals surface area contributed by atoms with Crippen LogP contribution < -0.4 is 0 Å². The zero-order valence-electron chi connectivity index (χ0n) is 8.96. The van der Waals surface area contributed by atoms with Gasteiger partial charge in [0.15, 0.2) is 0 Å². The largest absolute Gasteiger partial charge is 0.452 e. The Kier molecular flexibility index (Phi) is 4.70. The number of ether oxygens (including phenoxy) is 1. The summed E-state index contributed by atoms with van der Waals surface area (Å²) >= 11 is 0. The Labute approximate surface area is 93.8 Å². The molecule has 0 bridgehead atoms. The highest BCUT2D eigenvalue weighted by Gasteiger charge is 2.17. The Bertz CT molecular complexity index is 432. The van der Waals surface area contributed by atoms with Crippen LogP contribution in [0.2, 0.25) is 0 Å². The van der Waals surface area contributed by atoms with Crippen molar-refractivity contribution in [3.8, 4) is 0 Å². The summed E-state index contributed by atoms with van der Waals surface area (Å²) in [6.07, 6.45) is 2.98. The molecule has 1 aromatic carbocycles. The Morgan fingerprint density at radius 1 is 1.44 bits per heavy atom. The fraction of sp³-hybridized carbons (Fsp3) is 0.167. The zero-order valence-corrected chi connectivity index (χ0v) is 8.96. The maximum atomic E-state index is 11.4. The van der Waals surface area contributed by atoms with Crippen LogP contribution in [0.25, 0.3) is 5.53 Å². The van der Waals surface area contributed by atoms with Gasteiger partial charge in [0.2, 0.25) is 0 Å². The van der Waals surface area contributed by atoms with Crippen LogP contribution in [-0.2, 0) is 16.1 Å². The van der Waals surface area contributed by atoms with Gasteiger partial charge in [-0.25, -0.2) is 4.79 Å². The van der Waals surface area contributed by atoms with Crippen molar-refractivity contribution in [2.75, 3.05) is 0 Å². The Hall–Kier alpha value is -2.19. The van der Waals surface area contributed by atoms with E-state index in [1.165, 1.54) is 6.08 Å². The molecule has 0 atom stereocenters. The minimum absolute atomic E-state index is 0.113. The lowest BCUT2D eigenvalue weighted by atomic mass is 10.2. The van der Waals surface area contributed by atoms with Gasteiger partial charge in [0.25, 0.3) is 0 Å². The average molecular weight is 216 g/mol. The van der Waals surface area contributed by atoms with Crippen molar-refractivity contribution in [1.29, 1.82) is 0 Å². The highest BCUT2D eigenvalue weighted by atomic mass is 16.5. The molecule has 0 fully saturated rings. The molecule has 0 saturated heterocycles. The molecule has 0 aliphatic heterocycles. The minimum atomic E-state index is -0.649. The van der Waals surface area contributed by atoms with Crippen LogP contribution >= 0.6 is 0 Å². The van der Waals surface area contributed by atoms with E-state index in [2.05, 4.69) is 4.79 Å². The van der Waals surface area contributed by atoms with Gasteiger partial charge in [-0.05, 0) is 12.5 Å². The third-order valence-corrected chi connectivity index (χ3v) is 1.85. The zero-order chi connectivity index (χ0) is 11.8. The number of rotatable bonds is 4. The predicted octanol–water partition coefficient (Wildman–Crippen LogP) is 1.98. The Morgan fingerprint density at radius 3 is 2.69 bits per heavy atom. The molecule has 0 spiro atoms. The topological polar surface area (TPSA) is 62.7 Å². The second-order valence-electron chi connectivity index (χ2n) is 3.05. The molecule has 0 aromatic heterocycles. The summed E-state index contributed by atoms with van der Waals surface area (Å²) in [7, 11) is 0. The first-order chi connectivity index (χ1) is 7.77. The summed E-state index contributed by atoms with van der Waals surface area (Å²) in [4.78, 5) is 14.2. The molecule has 0 aliphatic rings. The normalized spacial score (nSPS) is 9.81. The van der Waals surface area contributed by atoms with Crippen molar-refractivity contribution in [3.05, 3.63) is 53.6 Å². The van der Waals surface area contributed by atoms with Crippen LogP contribution in [0.5, 0.6) is 0 Å². The molecule has 1 rings (SSSR count). The molecule has 4 nitrogen and oxygen atoms in total. The number of benzene rings is 1. The highest BCUT2D eigenvalue weighted by molar-refractivity contribution is 6.38. The minimum Gasteiger partial charge on any atom is -0.452 e. The molecule has 0 amide bonds. The molecule has 0 aliphatic carbocycles. The molecule has 0 saturated carbocycles. The van der Waals surface area contributed by atoms with E-state index in [9.17, 15) is 4.79 Å². The standard InChI is InChI=1S/C12H12N2O2/c1-2-6-11(14-13)12(15)16-9-10-7-4-3-5-8-10/h2-8H,9H2,1H3/b6-2+. The van der Waals surface area contributed by atoms with Gasteiger partial charge >= 0.3 is 11.7 Å². The van der Waals surface area contributed by atoms with Gasteiger partial charge in [0.05, 0.1) is 0 Å². The predicted molar refractivity (Wildman–Crippen MR) is 59.7 cm³/mol. The van der Waals surface area contributed by atoms with E-state index in [0.29, 0.717) is 0 Å². The lowest BCUT2D eigenvalue weighted by molar-refractivity contribution is -0.141.